The zero-order chi connectivity index (χ0) is 39.9. The maximum Gasteiger partial charge on any atom is 0.255 e. The minimum atomic E-state index is -0.701. The van der Waals surface area contributed by atoms with Gasteiger partial charge in [0.2, 0.25) is 11.8 Å². The van der Waals surface area contributed by atoms with Gasteiger partial charge in [-0.25, -0.2) is 0 Å². The van der Waals surface area contributed by atoms with Crippen LogP contribution in [0.15, 0.2) is 97.2 Å². The first-order chi connectivity index (χ1) is 27.7. The van der Waals surface area contributed by atoms with Gasteiger partial charge in [-0.15, -0.1) is 0 Å². The number of nitrogens with one attached hydrogen (secondary N) is 5. The first-order valence-corrected chi connectivity index (χ1v) is 19.1. The molecule has 0 saturated carbocycles. The van der Waals surface area contributed by atoms with Gasteiger partial charge in [-0.05, 0) is 78.9 Å². The number of aromatic nitrogens is 1. The van der Waals surface area contributed by atoms with Crippen molar-refractivity contribution in [2.75, 3.05) is 30.8 Å². The first-order valence-electron chi connectivity index (χ1n) is 19.1. The van der Waals surface area contributed by atoms with E-state index >= 15 is 0 Å². The SMILES string of the molecule is CNC(=O)c1cnc2ccc(-c3ccc(C(=O)NCCCCCC(=O)CNc4cccc5c4CN(C4CCC(=O)NC4=O)C5=O)cc3)cc2c1Nc1ccccc1. The summed E-state index contributed by atoms with van der Waals surface area (Å²) in [5, 5.41) is 15.3. The number of rotatable bonds is 15. The van der Waals surface area contributed by atoms with Gasteiger partial charge in [0.05, 0.1) is 23.3 Å². The number of unbranched alkanes of at least 4 members (excludes halogenated alkanes) is 2. The van der Waals surface area contributed by atoms with Crippen LogP contribution in [-0.4, -0.2) is 71.4 Å². The Kier molecular flexibility index (Phi) is 11.6. The van der Waals surface area contributed by atoms with E-state index in [1.165, 1.54) is 4.90 Å². The molecule has 0 spiro atoms. The maximum atomic E-state index is 13.1. The lowest BCUT2D eigenvalue weighted by Crippen LogP contribution is -2.52. The Morgan fingerprint density at radius 3 is 2.42 bits per heavy atom. The Labute approximate surface area is 329 Å². The van der Waals surface area contributed by atoms with E-state index in [-0.39, 0.29) is 55.3 Å². The highest BCUT2D eigenvalue weighted by atomic mass is 16.2. The predicted octanol–water partition coefficient (Wildman–Crippen LogP) is 5.74. The molecule has 1 fully saturated rings. The summed E-state index contributed by atoms with van der Waals surface area (Å²) in [6.45, 7) is 0.810. The number of benzene rings is 4. The van der Waals surface area contributed by atoms with Gasteiger partial charge in [0, 0.05) is 72.6 Å². The molecule has 5 N–H and O–H groups in total. The number of hydrogen-bond donors (Lipinski definition) is 5. The summed E-state index contributed by atoms with van der Waals surface area (Å²) < 4.78 is 0. The van der Waals surface area contributed by atoms with Crippen molar-refractivity contribution in [3.63, 3.8) is 0 Å². The molecule has 0 bridgehead atoms. The number of amides is 5. The summed E-state index contributed by atoms with van der Waals surface area (Å²) in [5.74, 6) is -1.46. The summed E-state index contributed by atoms with van der Waals surface area (Å²) in [4.78, 5) is 81.5. The normalized spacial score (nSPS) is 14.9. The van der Waals surface area contributed by atoms with Crippen LogP contribution in [0.1, 0.15) is 75.2 Å². The molecule has 2 aliphatic rings. The lowest BCUT2D eigenvalue weighted by molar-refractivity contribution is -0.137. The smallest absolute Gasteiger partial charge is 0.255 e. The van der Waals surface area contributed by atoms with Gasteiger partial charge in [-0.2, -0.15) is 0 Å². The van der Waals surface area contributed by atoms with Gasteiger partial charge < -0.3 is 26.2 Å². The molecular weight excluding hydrogens is 723 g/mol. The summed E-state index contributed by atoms with van der Waals surface area (Å²) in [6.07, 6.45) is 4.58. The summed E-state index contributed by atoms with van der Waals surface area (Å²) in [7, 11) is 1.59. The third-order valence-electron chi connectivity index (χ3n) is 10.3. The van der Waals surface area contributed by atoms with E-state index in [0.29, 0.717) is 47.5 Å². The molecule has 1 unspecified atom stereocenters. The van der Waals surface area contributed by atoms with Gasteiger partial charge in [0.25, 0.3) is 17.7 Å². The van der Waals surface area contributed by atoms with Gasteiger partial charge in [-0.1, -0.05) is 48.9 Å². The van der Waals surface area contributed by atoms with Gasteiger partial charge >= 0.3 is 0 Å². The van der Waals surface area contributed by atoms with Gasteiger partial charge in [0.15, 0.2) is 5.78 Å². The van der Waals surface area contributed by atoms with E-state index in [2.05, 4.69) is 31.6 Å². The van der Waals surface area contributed by atoms with E-state index in [1.807, 2.05) is 66.7 Å². The van der Waals surface area contributed by atoms with Crippen molar-refractivity contribution in [1.29, 1.82) is 0 Å². The number of nitrogens with zero attached hydrogens (tertiary/aromatic N) is 2. The Balaban J connectivity index is 0.870. The minimum absolute atomic E-state index is 0.0290. The average molecular weight is 766 g/mol. The van der Waals surface area contributed by atoms with Crippen molar-refractivity contribution in [2.45, 2.75) is 51.1 Å². The molecule has 1 saturated heterocycles. The van der Waals surface area contributed by atoms with Crippen LogP contribution >= 0.6 is 0 Å². The molecule has 0 aliphatic carbocycles. The second kappa shape index (κ2) is 17.3. The fourth-order valence-corrected chi connectivity index (χ4v) is 7.25. The molecular formula is C44H43N7O6. The van der Waals surface area contributed by atoms with Crippen molar-refractivity contribution in [2.24, 2.45) is 0 Å². The van der Waals surface area contributed by atoms with Gasteiger partial charge in [-0.3, -0.25) is 39.1 Å². The fraction of sp³-hybridized carbons (Fsp3) is 0.250. The quantitative estimate of drug-likeness (QED) is 0.0657. The first kappa shape index (κ1) is 38.4. The third-order valence-corrected chi connectivity index (χ3v) is 10.3. The van der Waals surface area contributed by atoms with E-state index < -0.39 is 11.9 Å². The van der Waals surface area contributed by atoms with Crippen LogP contribution in [-0.2, 0) is 20.9 Å². The minimum Gasteiger partial charge on any atom is -0.378 e. The van der Waals surface area contributed by atoms with E-state index in [4.69, 9.17) is 0 Å². The third kappa shape index (κ3) is 8.67. The molecule has 1 atom stereocenters. The van der Waals surface area contributed by atoms with Crippen molar-refractivity contribution in [3.8, 4) is 11.1 Å². The largest absolute Gasteiger partial charge is 0.378 e. The summed E-state index contributed by atoms with van der Waals surface area (Å²) in [6, 6.07) is 27.4. The summed E-state index contributed by atoms with van der Waals surface area (Å²) >= 11 is 0. The zero-order valence-electron chi connectivity index (χ0n) is 31.5. The molecule has 0 radical (unpaired) electrons. The number of imide groups is 1. The number of ketones is 1. The molecule has 13 heteroatoms. The van der Waals surface area contributed by atoms with Crippen LogP contribution in [0.4, 0.5) is 17.1 Å². The van der Waals surface area contributed by atoms with E-state index in [0.717, 1.165) is 46.1 Å². The molecule has 290 valence electrons. The van der Waals surface area contributed by atoms with Gasteiger partial charge in [0.1, 0.15) is 6.04 Å². The van der Waals surface area contributed by atoms with Crippen molar-refractivity contribution in [1.82, 2.24) is 25.8 Å². The number of carbonyl (C=O) groups is 6. The Bertz CT molecular complexity index is 2360. The number of carbonyl (C=O) groups excluding carboxylic acids is 6. The standard InChI is InChI=1S/C44H43N7O6/c1-45-42(55)34-25-48-37-19-18-29(23-33(37)40(34)49-30-9-4-2-5-10-30)27-14-16-28(17-15-27)41(54)46-22-7-3-6-11-31(52)24-47-36-13-8-12-32-35(36)26-51(44(32)57)38-20-21-39(53)50-43(38)56/h2,4-5,8-10,12-19,23,25,38,47H,3,6-7,11,20-22,24,26H2,1H3,(H,45,55)(H,46,54)(H,48,49)(H,50,53,56). The van der Waals surface area contributed by atoms with E-state index in [1.54, 1.807) is 37.5 Å². The van der Waals surface area contributed by atoms with Crippen LogP contribution in [0.3, 0.4) is 0 Å². The van der Waals surface area contributed by atoms with Crippen LogP contribution in [0.5, 0.6) is 0 Å². The van der Waals surface area contributed by atoms with Crippen molar-refractivity contribution in [3.05, 3.63) is 119 Å². The number of hydrogen-bond acceptors (Lipinski definition) is 9. The zero-order valence-corrected chi connectivity index (χ0v) is 31.5. The topological polar surface area (TPSA) is 179 Å². The monoisotopic (exact) mass is 765 g/mol. The van der Waals surface area contributed by atoms with E-state index in [9.17, 15) is 28.8 Å². The highest BCUT2D eigenvalue weighted by molar-refractivity contribution is 6.09. The Morgan fingerprint density at radius 2 is 1.65 bits per heavy atom. The number of pyridine rings is 1. The molecule has 57 heavy (non-hydrogen) atoms. The number of Topliss-reactive ketones (excluding diaryl/α,β-unsaturated/α-hetero) is 1. The highest BCUT2D eigenvalue weighted by Crippen LogP contribution is 2.34. The molecule has 4 aromatic carbocycles. The second-order valence-corrected chi connectivity index (χ2v) is 14.1. The second-order valence-electron chi connectivity index (χ2n) is 14.1. The number of fused-ring (bicyclic) bond motifs is 2. The Morgan fingerprint density at radius 1 is 0.860 bits per heavy atom. The molecule has 5 aromatic rings. The predicted molar refractivity (Wildman–Crippen MR) is 217 cm³/mol. The Hall–Kier alpha value is -6.89. The number of anilines is 3. The lowest BCUT2D eigenvalue weighted by atomic mass is 9.99. The number of piperidine rings is 1. The molecule has 7 rings (SSSR count). The fourth-order valence-electron chi connectivity index (χ4n) is 7.25. The molecule has 1 aromatic heterocycles. The van der Waals surface area contributed by atoms with Crippen molar-refractivity contribution < 1.29 is 28.8 Å². The number of para-hydroxylation sites is 1. The van der Waals surface area contributed by atoms with Crippen LogP contribution in [0, 0.1) is 0 Å². The van der Waals surface area contributed by atoms with Crippen LogP contribution in [0.2, 0.25) is 0 Å². The van der Waals surface area contributed by atoms with Crippen LogP contribution in [0.25, 0.3) is 22.0 Å². The maximum absolute atomic E-state index is 13.1. The van der Waals surface area contributed by atoms with Crippen molar-refractivity contribution >= 4 is 63.3 Å². The lowest BCUT2D eigenvalue weighted by Gasteiger charge is -2.29. The highest BCUT2D eigenvalue weighted by Gasteiger charge is 2.39. The molecule has 2 aliphatic heterocycles. The molecule has 13 nitrogen and oxygen atoms in total. The molecule has 3 heterocycles. The average Bonchev–Trinajstić information content (AvgIpc) is 3.57. The summed E-state index contributed by atoms with van der Waals surface area (Å²) in [5.41, 5.74) is 6.90. The van der Waals surface area contributed by atoms with Crippen LogP contribution < -0.4 is 26.6 Å². The molecule has 5 amide bonds.